The first-order chi connectivity index (χ1) is 8.51. The number of aldehydes is 1. The highest BCUT2D eigenvalue weighted by Gasteiger charge is 2.23. The first-order valence-corrected chi connectivity index (χ1v) is 5.87. The second-order valence-electron chi connectivity index (χ2n) is 4.08. The summed E-state index contributed by atoms with van der Waals surface area (Å²) >= 11 is 6.15. The molecule has 5 heteroatoms. The van der Waals surface area contributed by atoms with E-state index in [1.807, 2.05) is 25.1 Å². The Morgan fingerprint density at radius 2 is 2.17 bits per heavy atom. The van der Waals surface area contributed by atoms with Crippen LogP contribution in [0.4, 0.5) is 5.69 Å². The van der Waals surface area contributed by atoms with Crippen LogP contribution in [-0.4, -0.2) is 33.5 Å². The Morgan fingerprint density at radius 1 is 1.50 bits per heavy atom. The van der Waals surface area contributed by atoms with Gasteiger partial charge in [0.15, 0.2) is 0 Å². The maximum Gasteiger partial charge on any atom is 0.313 e. The first kappa shape index (κ1) is 14.5. The van der Waals surface area contributed by atoms with Crippen molar-refractivity contribution in [3.63, 3.8) is 0 Å². The molecule has 0 fully saturated rings. The molecule has 0 saturated carbocycles. The molecule has 1 rings (SSSR count). The van der Waals surface area contributed by atoms with Crippen LogP contribution >= 0.6 is 11.6 Å². The van der Waals surface area contributed by atoms with Crippen LogP contribution in [0.15, 0.2) is 18.2 Å². The monoisotopic (exact) mass is 269 g/mol. The Labute approximate surface area is 111 Å². The van der Waals surface area contributed by atoms with Gasteiger partial charge in [0.05, 0.1) is 13.0 Å². The number of carbonyl (C=O) groups is 2. The quantitative estimate of drug-likeness (QED) is 0.608. The van der Waals surface area contributed by atoms with Crippen LogP contribution in [0.3, 0.4) is 0 Å². The topological polar surface area (TPSA) is 46.6 Å². The van der Waals surface area contributed by atoms with E-state index in [2.05, 4.69) is 4.74 Å². The average Bonchev–Trinajstić information content (AvgIpc) is 2.35. The second kappa shape index (κ2) is 6.40. The van der Waals surface area contributed by atoms with Gasteiger partial charge in [-0.05, 0) is 17.7 Å². The molecule has 0 aromatic heterocycles. The van der Waals surface area contributed by atoms with Crippen LogP contribution < -0.4 is 4.90 Å². The predicted molar refractivity (Wildman–Crippen MR) is 71.2 cm³/mol. The summed E-state index contributed by atoms with van der Waals surface area (Å²) in [5.74, 6) is -1.10. The third-order valence-electron chi connectivity index (χ3n) is 2.69. The number of rotatable bonds is 5. The minimum absolute atomic E-state index is 0.0632. The zero-order valence-electron chi connectivity index (χ0n) is 10.6. The van der Waals surface area contributed by atoms with Gasteiger partial charge in [-0.15, -0.1) is 0 Å². The molecule has 1 atom stereocenters. The van der Waals surface area contributed by atoms with E-state index < -0.39 is 11.9 Å². The van der Waals surface area contributed by atoms with Crippen LogP contribution in [0.5, 0.6) is 0 Å². The van der Waals surface area contributed by atoms with Crippen LogP contribution in [0, 0.1) is 0 Å². The summed E-state index contributed by atoms with van der Waals surface area (Å²) in [6.07, 6.45) is 0.755. The summed E-state index contributed by atoms with van der Waals surface area (Å²) in [4.78, 5) is 24.2. The number of anilines is 1. The molecule has 1 aromatic rings. The second-order valence-corrected chi connectivity index (χ2v) is 4.49. The summed E-state index contributed by atoms with van der Waals surface area (Å²) in [6, 6.07) is 5.36. The van der Waals surface area contributed by atoms with E-state index in [4.69, 9.17) is 11.6 Å². The number of halogens is 1. The SMILES string of the molecule is COC(=O)C(CC=O)c1ccc(N(C)C)cc1Cl. The highest BCUT2D eigenvalue weighted by Crippen LogP contribution is 2.30. The minimum atomic E-state index is -0.642. The minimum Gasteiger partial charge on any atom is -0.469 e. The number of carbonyl (C=O) groups excluding carboxylic acids is 2. The lowest BCUT2D eigenvalue weighted by atomic mass is 9.96. The molecule has 0 heterocycles. The Bertz CT molecular complexity index is 446. The molecule has 18 heavy (non-hydrogen) atoms. The molecule has 4 nitrogen and oxygen atoms in total. The molecule has 0 saturated heterocycles. The number of methoxy groups -OCH3 is 1. The van der Waals surface area contributed by atoms with Gasteiger partial charge in [-0.25, -0.2) is 0 Å². The normalized spacial score (nSPS) is 11.8. The van der Waals surface area contributed by atoms with Crippen molar-refractivity contribution in [2.75, 3.05) is 26.1 Å². The molecule has 1 unspecified atom stereocenters. The molecule has 0 aliphatic heterocycles. The molecule has 1 aromatic carbocycles. The number of ether oxygens (including phenoxy) is 1. The van der Waals surface area contributed by atoms with Crippen molar-refractivity contribution in [3.8, 4) is 0 Å². The van der Waals surface area contributed by atoms with Crippen molar-refractivity contribution < 1.29 is 14.3 Å². The maximum absolute atomic E-state index is 11.6. The smallest absolute Gasteiger partial charge is 0.313 e. The van der Waals surface area contributed by atoms with Gasteiger partial charge in [0.2, 0.25) is 0 Å². The van der Waals surface area contributed by atoms with E-state index in [-0.39, 0.29) is 6.42 Å². The fraction of sp³-hybridized carbons (Fsp3) is 0.385. The zero-order valence-corrected chi connectivity index (χ0v) is 11.4. The molecule has 0 amide bonds. The lowest BCUT2D eigenvalue weighted by Crippen LogP contribution is -2.16. The van der Waals surface area contributed by atoms with Gasteiger partial charge < -0.3 is 14.4 Å². The van der Waals surface area contributed by atoms with Crippen LogP contribution in [-0.2, 0) is 14.3 Å². The van der Waals surface area contributed by atoms with Crippen molar-refractivity contribution in [2.24, 2.45) is 0 Å². The van der Waals surface area contributed by atoms with Gasteiger partial charge in [0.1, 0.15) is 6.29 Å². The predicted octanol–water partition coefficient (Wildman–Crippen LogP) is 2.25. The fourth-order valence-electron chi connectivity index (χ4n) is 1.67. The third kappa shape index (κ3) is 3.23. The molecule has 98 valence electrons. The molecule has 0 N–H and O–H groups in total. The fourth-order valence-corrected chi connectivity index (χ4v) is 1.97. The molecular formula is C13H16ClNO3. The van der Waals surface area contributed by atoms with Crippen molar-refractivity contribution in [3.05, 3.63) is 28.8 Å². The highest BCUT2D eigenvalue weighted by atomic mass is 35.5. The number of hydrogen-bond donors (Lipinski definition) is 0. The van der Waals surface area contributed by atoms with Crippen LogP contribution in [0.2, 0.25) is 5.02 Å². The van der Waals surface area contributed by atoms with Crippen molar-refractivity contribution in [1.82, 2.24) is 0 Å². The molecule has 0 aliphatic carbocycles. The molecule has 0 radical (unpaired) electrons. The molecular weight excluding hydrogens is 254 g/mol. The Kier molecular flexibility index (Phi) is 5.16. The van der Waals surface area contributed by atoms with E-state index in [0.29, 0.717) is 16.9 Å². The summed E-state index contributed by atoms with van der Waals surface area (Å²) in [5.41, 5.74) is 1.54. The Morgan fingerprint density at radius 3 is 2.61 bits per heavy atom. The van der Waals surface area contributed by atoms with Crippen molar-refractivity contribution in [1.29, 1.82) is 0 Å². The zero-order chi connectivity index (χ0) is 13.7. The Balaban J connectivity index is 3.13. The molecule has 0 spiro atoms. The number of nitrogens with zero attached hydrogens (tertiary/aromatic N) is 1. The van der Waals surface area contributed by atoms with Gasteiger partial charge in [-0.2, -0.15) is 0 Å². The van der Waals surface area contributed by atoms with Gasteiger partial charge in [-0.3, -0.25) is 4.79 Å². The number of hydrogen-bond acceptors (Lipinski definition) is 4. The van der Waals surface area contributed by atoms with E-state index in [1.165, 1.54) is 7.11 Å². The van der Waals surface area contributed by atoms with E-state index in [0.717, 1.165) is 5.69 Å². The summed E-state index contributed by atoms with van der Waals surface area (Å²) in [6.45, 7) is 0. The summed E-state index contributed by atoms with van der Waals surface area (Å²) in [7, 11) is 5.09. The average molecular weight is 270 g/mol. The lowest BCUT2D eigenvalue weighted by Gasteiger charge is -2.17. The van der Waals surface area contributed by atoms with Crippen LogP contribution in [0.1, 0.15) is 17.9 Å². The van der Waals surface area contributed by atoms with Gasteiger partial charge >= 0.3 is 5.97 Å². The third-order valence-corrected chi connectivity index (χ3v) is 3.02. The molecule has 0 aliphatic rings. The van der Waals surface area contributed by atoms with Crippen molar-refractivity contribution in [2.45, 2.75) is 12.3 Å². The maximum atomic E-state index is 11.6. The summed E-state index contributed by atoms with van der Waals surface area (Å²) < 4.78 is 4.69. The van der Waals surface area contributed by atoms with E-state index in [9.17, 15) is 9.59 Å². The van der Waals surface area contributed by atoms with Gasteiger partial charge in [0.25, 0.3) is 0 Å². The van der Waals surface area contributed by atoms with Gasteiger partial charge in [-0.1, -0.05) is 17.7 Å². The largest absolute Gasteiger partial charge is 0.469 e. The van der Waals surface area contributed by atoms with E-state index >= 15 is 0 Å². The summed E-state index contributed by atoms with van der Waals surface area (Å²) in [5, 5.41) is 0.457. The van der Waals surface area contributed by atoms with Crippen molar-refractivity contribution >= 4 is 29.5 Å². The molecule has 0 bridgehead atoms. The lowest BCUT2D eigenvalue weighted by molar-refractivity contribution is -0.143. The Hall–Kier alpha value is -1.55. The highest BCUT2D eigenvalue weighted by molar-refractivity contribution is 6.32. The van der Waals surface area contributed by atoms with Gasteiger partial charge in [0, 0.05) is 31.2 Å². The standard InChI is InChI=1S/C13H16ClNO3/c1-15(2)9-4-5-10(12(14)8-9)11(6-7-16)13(17)18-3/h4-5,7-8,11H,6H2,1-3H3. The first-order valence-electron chi connectivity index (χ1n) is 5.49. The number of benzene rings is 1. The number of esters is 1. The van der Waals surface area contributed by atoms with Crippen LogP contribution in [0.25, 0.3) is 0 Å². The van der Waals surface area contributed by atoms with E-state index in [1.54, 1.807) is 12.1 Å².